The molecule has 0 radical (unpaired) electrons. The molecule has 4 heteroatoms. The number of carbonyl (C=O) groups excluding carboxylic acids is 1. The number of hydrogen-bond acceptors (Lipinski definition) is 2. The van der Waals surface area contributed by atoms with Gasteiger partial charge in [-0.05, 0) is 58.7 Å². The molecule has 0 bridgehead atoms. The Hall–Kier alpha value is -2.07. The number of halogens is 2. The minimum Gasteiger partial charge on any atom is -0.287 e. The van der Waals surface area contributed by atoms with Crippen LogP contribution in [0, 0.1) is 12.7 Å². The number of aryl methyl sites for hydroxylation is 1. The van der Waals surface area contributed by atoms with Gasteiger partial charge < -0.3 is 0 Å². The summed E-state index contributed by atoms with van der Waals surface area (Å²) >= 11 is 3.38. The molecule has 0 aliphatic carbocycles. The minimum atomic E-state index is -0.421. The Kier molecular flexibility index (Phi) is 3.55. The number of carbonyl (C=O) groups is 1. The number of benzene rings is 2. The Bertz CT molecular complexity index is 840. The van der Waals surface area contributed by atoms with E-state index in [2.05, 4.69) is 20.9 Å². The summed E-state index contributed by atoms with van der Waals surface area (Å²) in [6.45, 7) is 1.75. The topological polar surface area (TPSA) is 30.0 Å². The van der Waals surface area contributed by atoms with Gasteiger partial charge in [-0.25, -0.2) is 9.37 Å². The second kappa shape index (κ2) is 5.37. The summed E-state index contributed by atoms with van der Waals surface area (Å²) in [4.78, 5) is 16.9. The number of nitrogens with zero attached hydrogens (tertiary/aromatic N) is 1. The second-order valence-corrected chi connectivity index (χ2v) is 5.71. The highest BCUT2D eigenvalue weighted by molar-refractivity contribution is 9.10. The van der Waals surface area contributed by atoms with Crippen molar-refractivity contribution in [3.8, 4) is 0 Å². The van der Waals surface area contributed by atoms with E-state index in [0.717, 1.165) is 10.9 Å². The maximum Gasteiger partial charge on any atom is 0.212 e. The summed E-state index contributed by atoms with van der Waals surface area (Å²) in [5.74, 6) is -0.717. The molecule has 0 aliphatic rings. The standard InChI is InChI=1S/C17H11BrFNO/c1-10-6-12(8-13(19)7-10)17(21)16-14(18)9-11-4-2-3-5-15(11)20-16/h2-9H,1H3. The summed E-state index contributed by atoms with van der Waals surface area (Å²) in [6.07, 6.45) is 0. The molecule has 2 nitrogen and oxygen atoms in total. The van der Waals surface area contributed by atoms with E-state index in [0.29, 0.717) is 21.3 Å². The molecule has 0 saturated heterocycles. The van der Waals surface area contributed by atoms with Gasteiger partial charge in [0.25, 0.3) is 0 Å². The van der Waals surface area contributed by atoms with Gasteiger partial charge in [0.15, 0.2) is 0 Å². The van der Waals surface area contributed by atoms with Crippen molar-refractivity contribution >= 4 is 32.6 Å². The van der Waals surface area contributed by atoms with Gasteiger partial charge in [-0.3, -0.25) is 4.79 Å². The molecule has 0 amide bonds. The molecule has 3 aromatic rings. The lowest BCUT2D eigenvalue weighted by Gasteiger charge is -2.06. The van der Waals surface area contributed by atoms with E-state index >= 15 is 0 Å². The Labute approximate surface area is 129 Å². The molecule has 21 heavy (non-hydrogen) atoms. The smallest absolute Gasteiger partial charge is 0.212 e. The van der Waals surface area contributed by atoms with Crippen LogP contribution in [-0.2, 0) is 0 Å². The van der Waals surface area contributed by atoms with Crippen molar-refractivity contribution in [1.29, 1.82) is 0 Å². The predicted molar refractivity (Wildman–Crippen MR) is 84.0 cm³/mol. The van der Waals surface area contributed by atoms with Gasteiger partial charge in [-0.2, -0.15) is 0 Å². The van der Waals surface area contributed by atoms with Crippen LogP contribution in [0.1, 0.15) is 21.6 Å². The summed E-state index contributed by atoms with van der Waals surface area (Å²) < 4.78 is 14.1. The molecule has 0 aliphatic heterocycles. The average Bonchev–Trinajstić information content (AvgIpc) is 2.44. The number of pyridine rings is 1. The highest BCUT2D eigenvalue weighted by atomic mass is 79.9. The van der Waals surface area contributed by atoms with Gasteiger partial charge in [-0.1, -0.05) is 18.2 Å². The average molecular weight is 344 g/mol. The molecule has 0 spiro atoms. The van der Waals surface area contributed by atoms with Crippen LogP contribution in [0.2, 0.25) is 0 Å². The first kappa shape index (κ1) is 13.9. The third kappa shape index (κ3) is 2.72. The molecule has 0 saturated carbocycles. The Balaban J connectivity index is 2.14. The van der Waals surface area contributed by atoms with Crippen LogP contribution >= 0.6 is 15.9 Å². The number of ketones is 1. The number of fused-ring (bicyclic) bond motifs is 1. The predicted octanol–water partition coefficient (Wildman–Crippen LogP) is 4.68. The molecule has 0 N–H and O–H groups in total. The zero-order chi connectivity index (χ0) is 15.0. The van der Waals surface area contributed by atoms with Gasteiger partial charge >= 0.3 is 0 Å². The van der Waals surface area contributed by atoms with Gasteiger partial charge in [0.2, 0.25) is 5.78 Å². The van der Waals surface area contributed by atoms with E-state index in [4.69, 9.17) is 0 Å². The normalized spacial score (nSPS) is 10.8. The molecule has 1 heterocycles. The van der Waals surface area contributed by atoms with Crippen molar-refractivity contribution < 1.29 is 9.18 Å². The number of para-hydroxylation sites is 1. The van der Waals surface area contributed by atoms with Crippen molar-refractivity contribution in [1.82, 2.24) is 4.98 Å². The van der Waals surface area contributed by atoms with Crippen LogP contribution in [0.4, 0.5) is 4.39 Å². The van der Waals surface area contributed by atoms with Crippen molar-refractivity contribution in [3.63, 3.8) is 0 Å². The lowest BCUT2D eigenvalue weighted by molar-refractivity contribution is 0.103. The van der Waals surface area contributed by atoms with Crippen molar-refractivity contribution in [2.45, 2.75) is 6.92 Å². The molecule has 0 fully saturated rings. The molecule has 104 valence electrons. The summed E-state index contributed by atoms with van der Waals surface area (Å²) in [6, 6.07) is 13.7. The summed E-state index contributed by atoms with van der Waals surface area (Å²) in [7, 11) is 0. The first-order chi connectivity index (χ1) is 10.0. The minimum absolute atomic E-state index is 0.290. The fourth-order valence-corrected chi connectivity index (χ4v) is 2.77. The Morgan fingerprint density at radius 2 is 1.90 bits per heavy atom. The zero-order valence-corrected chi connectivity index (χ0v) is 12.8. The van der Waals surface area contributed by atoms with Crippen LogP contribution < -0.4 is 0 Å². The fourth-order valence-electron chi connectivity index (χ4n) is 2.25. The molecule has 1 aromatic heterocycles. The van der Waals surface area contributed by atoms with Gasteiger partial charge in [0.1, 0.15) is 11.5 Å². The largest absolute Gasteiger partial charge is 0.287 e. The van der Waals surface area contributed by atoms with E-state index in [1.165, 1.54) is 12.1 Å². The van der Waals surface area contributed by atoms with E-state index in [1.807, 2.05) is 30.3 Å². The van der Waals surface area contributed by atoms with Crippen molar-refractivity contribution in [2.24, 2.45) is 0 Å². The van der Waals surface area contributed by atoms with E-state index in [1.54, 1.807) is 13.0 Å². The first-order valence-corrected chi connectivity index (χ1v) is 7.21. The van der Waals surface area contributed by atoms with Crippen molar-refractivity contribution in [3.05, 3.63) is 75.6 Å². The Morgan fingerprint density at radius 1 is 1.14 bits per heavy atom. The summed E-state index contributed by atoms with van der Waals surface area (Å²) in [5.41, 5.74) is 2.03. The molecular formula is C17H11BrFNO. The second-order valence-electron chi connectivity index (χ2n) is 4.86. The van der Waals surface area contributed by atoms with Gasteiger partial charge in [0, 0.05) is 15.4 Å². The SMILES string of the molecule is Cc1cc(F)cc(C(=O)c2nc3ccccc3cc2Br)c1. The quantitative estimate of drug-likeness (QED) is 0.632. The monoisotopic (exact) mass is 343 g/mol. The number of rotatable bonds is 2. The Morgan fingerprint density at radius 3 is 2.67 bits per heavy atom. The zero-order valence-electron chi connectivity index (χ0n) is 11.2. The van der Waals surface area contributed by atoms with Crippen LogP contribution in [0.15, 0.2) is 53.0 Å². The van der Waals surface area contributed by atoms with Crippen LogP contribution in [0.5, 0.6) is 0 Å². The summed E-state index contributed by atoms with van der Waals surface area (Å²) in [5, 5.41) is 0.941. The third-order valence-electron chi connectivity index (χ3n) is 3.20. The molecule has 0 atom stereocenters. The molecule has 2 aromatic carbocycles. The van der Waals surface area contributed by atoms with E-state index < -0.39 is 5.82 Å². The highest BCUT2D eigenvalue weighted by Crippen LogP contribution is 2.24. The lowest BCUT2D eigenvalue weighted by atomic mass is 10.0. The van der Waals surface area contributed by atoms with Gasteiger partial charge in [-0.15, -0.1) is 0 Å². The first-order valence-electron chi connectivity index (χ1n) is 6.42. The van der Waals surface area contributed by atoms with Gasteiger partial charge in [0.05, 0.1) is 5.52 Å². The van der Waals surface area contributed by atoms with Crippen LogP contribution in [0.3, 0.4) is 0 Å². The lowest BCUT2D eigenvalue weighted by Crippen LogP contribution is -2.06. The fraction of sp³-hybridized carbons (Fsp3) is 0.0588. The van der Waals surface area contributed by atoms with Crippen LogP contribution in [0.25, 0.3) is 10.9 Å². The highest BCUT2D eigenvalue weighted by Gasteiger charge is 2.16. The molecular weight excluding hydrogens is 333 g/mol. The maximum absolute atomic E-state index is 13.5. The number of aromatic nitrogens is 1. The number of hydrogen-bond donors (Lipinski definition) is 0. The van der Waals surface area contributed by atoms with Crippen LogP contribution in [-0.4, -0.2) is 10.8 Å². The third-order valence-corrected chi connectivity index (χ3v) is 3.80. The maximum atomic E-state index is 13.5. The van der Waals surface area contributed by atoms with E-state index in [9.17, 15) is 9.18 Å². The van der Waals surface area contributed by atoms with E-state index in [-0.39, 0.29) is 5.78 Å². The molecule has 0 unspecified atom stereocenters. The molecule has 3 rings (SSSR count). The van der Waals surface area contributed by atoms with Crippen molar-refractivity contribution in [2.75, 3.05) is 0 Å².